The molecular weight excluding hydrogens is 666 g/mol. The molecule has 7 rings (SSSR count). The van der Waals surface area contributed by atoms with E-state index in [-0.39, 0.29) is 35.5 Å². The molecule has 5 nitrogen and oxygen atoms in total. The molecule has 35 heavy (non-hydrogen) atoms. The number of amides is 2. The van der Waals surface area contributed by atoms with Gasteiger partial charge in [0.1, 0.15) is 12.4 Å². The average molecular weight is 688 g/mol. The number of carbonyl (C=O) groups is 2. The quantitative estimate of drug-likeness (QED) is 0.140. The zero-order valence-corrected chi connectivity index (χ0v) is 23.0. The first-order valence-electron chi connectivity index (χ1n) is 11.7. The monoisotopic (exact) mass is 688 g/mol. The summed E-state index contributed by atoms with van der Waals surface area (Å²) in [4.78, 5) is 26.0. The van der Waals surface area contributed by atoms with E-state index in [0.717, 1.165) is 41.9 Å². The van der Waals surface area contributed by atoms with Crippen molar-refractivity contribution in [2.75, 3.05) is 0 Å². The Balaban J connectivity index is 1.20. The van der Waals surface area contributed by atoms with Crippen LogP contribution in [0.3, 0.4) is 0 Å². The molecule has 0 radical (unpaired) electrons. The fraction of sp³-hybridized carbons (Fsp3) is 0.250. The van der Waals surface area contributed by atoms with Gasteiger partial charge in [-0.2, -0.15) is 10.1 Å². The van der Waals surface area contributed by atoms with Gasteiger partial charge >= 0.3 is 0 Å². The van der Waals surface area contributed by atoms with Crippen molar-refractivity contribution >= 4 is 74.0 Å². The molecule has 4 atom stereocenters. The molecule has 3 aromatic carbocycles. The van der Waals surface area contributed by atoms with Gasteiger partial charge in [-0.25, -0.2) is 0 Å². The van der Waals surface area contributed by atoms with Crippen LogP contribution in [0.4, 0.5) is 0 Å². The van der Waals surface area contributed by atoms with Gasteiger partial charge in [-0.1, -0.05) is 54.6 Å². The van der Waals surface area contributed by atoms with Gasteiger partial charge < -0.3 is 4.74 Å². The molecule has 0 unspecified atom stereocenters. The van der Waals surface area contributed by atoms with E-state index in [9.17, 15) is 9.59 Å². The molecule has 2 fully saturated rings. The van der Waals surface area contributed by atoms with E-state index in [0.29, 0.717) is 6.61 Å². The molecule has 176 valence electrons. The first kappa shape index (κ1) is 23.1. The van der Waals surface area contributed by atoms with Crippen LogP contribution in [-0.4, -0.2) is 23.0 Å². The van der Waals surface area contributed by atoms with E-state index in [4.69, 9.17) is 4.74 Å². The maximum atomic E-state index is 13.0. The zero-order chi connectivity index (χ0) is 24.1. The largest absolute Gasteiger partial charge is 0.487 e. The van der Waals surface area contributed by atoms with Gasteiger partial charge in [0.15, 0.2) is 0 Å². The average Bonchev–Trinajstić information content (AvgIpc) is 3.14. The number of hydrogen-bond donors (Lipinski definition) is 0. The second-order valence-corrected chi connectivity index (χ2v) is 11.6. The number of carbonyl (C=O) groups excluding carboxylic acids is 2. The number of hydrogen-bond acceptors (Lipinski definition) is 4. The van der Waals surface area contributed by atoms with Crippen LogP contribution in [0.2, 0.25) is 0 Å². The summed E-state index contributed by atoms with van der Waals surface area (Å²) in [5, 5.41) is 7.84. The van der Waals surface area contributed by atoms with Gasteiger partial charge in [0.2, 0.25) is 0 Å². The van der Waals surface area contributed by atoms with Gasteiger partial charge in [-0.3, -0.25) is 9.59 Å². The Labute approximate surface area is 230 Å². The predicted octanol–water partition coefficient (Wildman–Crippen LogP) is 6.16. The maximum absolute atomic E-state index is 13.0. The lowest BCUT2D eigenvalue weighted by Gasteiger charge is -2.37. The van der Waals surface area contributed by atoms with Crippen molar-refractivity contribution in [1.29, 1.82) is 0 Å². The van der Waals surface area contributed by atoms with E-state index < -0.39 is 0 Å². The van der Waals surface area contributed by atoms with Crippen LogP contribution < -0.4 is 4.74 Å². The molecule has 3 aromatic rings. The molecule has 2 amide bonds. The number of nitrogens with zero attached hydrogens (tertiary/aromatic N) is 2. The lowest BCUT2D eigenvalue weighted by Crippen LogP contribution is -2.38. The number of rotatable bonds is 5. The molecule has 7 heteroatoms. The fourth-order valence-corrected chi connectivity index (χ4v) is 7.78. The minimum absolute atomic E-state index is 0.158. The zero-order valence-electron chi connectivity index (χ0n) is 18.7. The highest BCUT2D eigenvalue weighted by atomic mass is 127. The third-order valence-corrected chi connectivity index (χ3v) is 8.93. The molecule has 0 aromatic heterocycles. The van der Waals surface area contributed by atoms with Gasteiger partial charge in [0, 0.05) is 0 Å². The van der Waals surface area contributed by atoms with Crippen molar-refractivity contribution in [1.82, 2.24) is 5.01 Å². The SMILES string of the molecule is O=C1[C@H]2[C@H](C(=O)N1/N=C\c1cc(I)c(OCc3cccc4ccccc34)c(I)c1)[C@H]1C=C[C@H]2CC1. The standard InChI is InChI=1S/C28H22I2N2O3/c29-22-12-16(14-31-32-27(33)24-18-8-9-19(11-10-18)25(24)28(32)34)13-23(30)26(22)35-15-20-6-3-5-17-4-1-2-7-21(17)20/h1-9,12-14,18-19,24-25H,10-11,15H2/b31-14-/t18-,19-,24+,25+/m0/s1. The summed E-state index contributed by atoms with van der Waals surface area (Å²) in [6.07, 6.45) is 7.82. The van der Waals surface area contributed by atoms with Crippen LogP contribution >= 0.6 is 45.2 Å². The lowest BCUT2D eigenvalue weighted by atomic mass is 9.63. The van der Waals surface area contributed by atoms with Crippen LogP contribution in [0.15, 0.2) is 71.9 Å². The van der Waals surface area contributed by atoms with E-state index in [1.807, 2.05) is 24.3 Å². The van der Waals surface area contributed by atoms with E-state index >= 15 is 0 Å². The number of benzene rings is 3. The van der Waals surface area contributed by atoms with Crippen molar-refractivity contribution < 1.29 is 14.3 Å². The molecule has 1 heterocycles. The Kier molecular flexibility index (Phi) is 6.16. The minimum Gasteiger partial charge on any atom is -0.487 e. The summed E-state index contributed by atoms with van der Waals surface area (Å²) in [5.74, 6) is 0.355. The van der Waals surface area contributed by atoms with Gasteiger partial charge in [-0.15, -0.1) is 0 Å². The normalized spacial score (nSPS) is 25.1. The predicted molar refractivity (Wildman–Crippen MR) is 152 cm³/mol. The maximum Gasteiger partial charge on any atom is 0.254 e. The fourth-order valence-electron chi connectivity index (χ4n) is 5.66. The highest BCUT2D eigenvalue weighted by Gasteiger charge is 2.56. The Bertz CT molecular complexity index is 1360. The highest BCUT2D eigenvalue weighted by Crippen LogP contribution is 2.49. The van der Waals surface area contributed by atoms with Crippen molar-refractivity contribution in [3.63, 3.8) is 0 Å². The van der Waals surface area contributed by atoms with Crippen molar-refractivity contribution in [2.45, 2.75) is 19.4 Å². The molecular formula is C28H22I2N2O3. The smallest absolute Gasteiger partial charge is 0.254 e. The summed E-state index contributed by atoms with van der Waals surface area (Å²) in [7, 11) is 0. The van der Waals surface area contributed by atoms with Crippen molar-refractivity contribution in [3.05, 3.63) is 85.0 Å². The molecule has 2 bridgehead atoms. The van der Waals surface area contributed by atoms with Crippen LogP contribution in [0, 0.1) is 30.8 Å². The second kappa shape index (κ2) is 9.31. The highest BCUT2D eigenvalue weighted by molar-refractivity contribution is 14.1. The summed E-state index contributed by atoms with van der Waals surface area (Å²) < 4.78 is 8.14. The summed E-state index contributed by atoms with van der Waals surface area (Å²) in [6, 6.07) is 18.5. The van der Waals surface area contributed by atoms with Crippen LogP contribution in [0.25, 0.3) is 10.8 Å². The Morgan fingerprint density at radius 3 is 2.20 bits per heavy atom. The summed E-state index contributed by atoms with van der Waals surface area (Å²) >= 11 is 4.52. The van der Waals surface area contributed by atoms with Crippen LogP contribution in [-0.2, 0) is 16.2 Å². The van der Waals surface area contributed by atoms with E-state index in [2.05, 4.69) is 92.8 Å². The molecule has 3 aliphatic carbocycles. The summed E-state index contributed by atoms with van der Waals surface area (Å²) in [6.45, 7) is 0.469. The summed E-state index contributed by atoms with van der Waals surface area (Å²) in [5.41, 5.74) is 1.96. The molecule has 0 N–H and O–H groups in total. The first-order chi connectivity index (χ1) is 17.0. The number of imide groups is 1. The van der Waals surface area contributed by atoms with E-state index in [1.54, 1.807) is 6.21 Å². The number of halogens is 2. The van der Waals surface area contributed by atoms with Crippen molar-refractivity contribution in [2.24, 2.45) is 28.8 Å². The van der Waals surface area contributed by atoms with Gasteiger partial charge in [0.25, 0.3) is 11.8 Å². The lowest BCUT2D eigenvalue weighted by molar-refractivity contribution is -0.140. The Hall–Kier alpha value is -2.27. The topological polar surface area (TPSA) is 59.0 Å². The molecule has 1 saturated heterocycles. The third-order valence-electron chi connectivity index (χ3n) is 7.33. The number of ether oxygens (including phenoxy) is 1. The Morgan fingerprint density at radius 2 is 1.54 bits per heavy atom. The molecule has 4 aliphatic rings. The van der Waals surface area contributed by atoms with Crippen molar-refractivity contribution in [3.8, 4) is 5.75 Å². The molecule has 1 aliphatic heterocycles. The Morgan fingerprint density at radius 1 is 0.914 bits per heavy atom. The number of allylic oxidation sites excluding steroid dienone is 2. The third kappa shape index (κ3) is 4.10. The van der Waals surface area contributed by atoms with E-state index in [1.165, 1.54) is 10.8 Å². The molecule has 1 saturated carbocycles. The second-order valence-electron chi connectivity index (χ2n) is 9.31. The number of hydrazone groups is 1. The minimum atomic E-state index is -0.242. The van der Waals surface area contributed by atoms with Crippen LogP contribution in [0.1, 0.15) is 24.0 Å². The number of fused-ring (bicyclic) bond motifs is 2. The van der Waals surface area contributed by atoms with Gasteiger partial charge in [0.05, 0.1) is 25.2 Å². The first-order valence-corrected chi connectivity index (χ1v) is 13.9. The van der Waals surface area contributed by atoms with Crippen LogP contribution in [0.5, 0.6) is 5.75 Å². The molecule has 0 spiro atoms. The van der Waals surface area contributed by atoms with Gasteiger partial charge in [-0.05, 0) is 104 Å².